The highest BCUT2D eigenvalue weighted by Gasteiger charge is 2.11. The van der Waals surface area contributed by atoms with E-state index in [0.717, 1.165) is 0 Å². The summed E-state index contributed by atoms with van der Waals surface area (Å²) in [6.07, 6.45) is 3.05. The zero-order chi connectivity index (χ0) is 12.3. The molecule has 0 radical (unpaired) electrons. The van der Waals surface area contributed by atoms with E-state index in [4.69, 9.17) is 0 Å². The molecular weight excluding hydrogens is 224 g/mol. The lowest BCUT2D eigenvalue weighted by Gasteiger charge is -2.01. The van der Waals surface area contributed by atoms with E-state index in [1.807, 2.05) is 0 Å². The molecule has 0 aliphatic carbocycles. The van der Waals surface area contributed by atoms with Crippen LogP contribution in [0.5, 0.6) is 0 Å². The van der Waals surface area contributed by atoms with Crippen molar-refractivity contribution in [1.82, 2.24) is 9.97 Å². The van der Waals surface area contributed by atoms with Gasteiger partial charge in [0, 0.05) is 30.1 Å². The fourth-order valence-electron chi connectivity index (χ4n) is 1.27. The minimum absolute atomic E-state index is 0.128. The van der Waals surface area contributed by atoms with Crippen LogP contribution in [0, 0.1) is 10.1 Å². The number of carbonyl (C=O) groups is 1. The van der Waals surface area contributed by atoms with E-state index in [9.17, 15) is 14.9 Å². The summed E-state index contributed by atoms with van der Waals surface area (Å²) in [5.41, 5.74) is 0.0766. The molecule has 0 spiro atoms. The minimum Gasteiger partial charge on any atom is -0.331 e. The summed E-state index contributed by atoms with van der Waals surface area (Å²) in [5.74, 6) is -0.162. The number of hydrogen-bond acceptors (Lipinski definition) is 4. The first-order chi connectivity index (χ1) is 8.16. The van der Waals surface area contributed by atoms with Gasteiger partial charge >= 0.3 is 0 Å². The third kappa shape index (κ3) is 2.46. The third-order valence-corrected chi connectivity index (χ3v) is 2.05. The molecule has 1 heterocycles. The van der Waals surface area contributed by atoms with E-state index >= 15 is 0 Å². The van der Waals surface area contributed by atoms with Gasteiger partial charge in [0.05, 0.1) is 4.92 Å². The molecule has 2 rings (SSSR count). The van der Waals surface area contributed by atoms with Crippen molar-refractivity contribution in [2.45, 2.75) is 0 Å². The number of hydrogen-bond donors (Lipinski definition) is 2. The number of nitro groups is 1. The van der Waals surface area contributed by atoms with Crippen LogP contribution < -0.4 is 5.32 Å². The van der Waals surface area contributed by atoms with Crippen LogP contribution in [0.25, 0.3) is 0 Å². The van der Waals surface area contributed by atoms with Crippen LogP contribution in [0.1, 0.15) is 10.4 Å². The highest BCUT2D eigenvalue weighted by molar-refractivity contribution is 6.03. The number of aromatic amines is 1. The van der Waals surface area contributed by atoms with Gasteiger partial charge in [0.2, 0.25) is 5.95 Å². The average molecular weight is 232 g/mol. The summed E-state index contributed by atoms with van der Waals surface area (Å²) in [7, 11) is 0. The van der Waals surface area contributed by atoms with Gasteiger partial charge in [-0.15, -0.1) is 0 Å². The van der Waals surface area contributed by atoms with Crippen LogP contribution in [-0.4, -0.2) is 20.8 Å². The van der Waals surface area contributed by atoms with Crippen molar-refractivity contribution < 1.29 is 9.72 Å². The second-order valence-electron chi connectivity index (χ2n) is 3.20. The molecule has 1 aromatic carbocycles. The zero-order valence-electron chi connectivity index (χ0n) is 8.58. The Bertz CT molecular complexity index is 550. The Balaban J connectivity index is 2.19. The van der Waals surface area contributed by atoms with Crippen molar-refractivity contribution in [3.05, 3.63) is 52.3 Å². The third-order valence-electron chi connectivity index (χ3n) is 2.05. The number of nitrogens with zero attached hydrogens (tertiary/aromatic N) is 2. The van der Waals surface area contributed by atoms with Crippen molar-refractivity contribution in [3.63, 3.8) is 0 Å². The monoisotopic (exact) mass is 232 g/mol. The van der Waals surface area contributed by atoms with Crippen molar-refractivity contribution in [1.29, 1.82) is 0 Å². The number of aromatic nitrogens is 2. The number of non-ortho nitro benzene ring substituents is 1. The summed E-state index contributed by atoms with van der Waals surface area (Å²) >= 11 is 0. The Morgan fingerprint density at radius 1 is 1.47 bits per heavy atom. The quantitative estimate of drug-likeness (QED) is 0.619. The van der Waals surface area contributed by atoms with Crippen LogP contribution in [0.4, 0.5) is 11.6 Å². The lowest BCUT2D eigenvalue weighted by atomic mass is 10.2. The number of nitrogens with one attached hydrogen (secondary N) is 2. The summed E-state index contributed by atoms with van der Waals surface area (Å²) in [5, 5.41) is 13.0. The maximum absolute atomic E-state index is 11.7. The molecule has 1 aromatic heterocycles. The highest BCUT2D eigenvalue weighted by atomic mass is 16.6. The predicted octanol–water partition coefficient (Wildman–Crippen LogP) is 1.57. The van der Waals surface area contributed by atoms with E-state index in [1.165, 1.54) is 30.5 Å². The van der Waals surface area contributed by atoms with Gasteiger partial charge in [0.25, 0.3) is 11.6 Å². The van der Waals surface area contributed by atoms with E-state index in [1.54, 1.807) is 6.20 Å². The molecule has 0 unspecified atom stereocenters. The molecule has 1 amide bonds. The van der Waals surface area contributed by atoms with Gasteiger partial charge in [0.15, 0.2) is 0 Å². The molecule has 0 aliphatic rings. The summed E-state index contributed by atoms with van der Waals surface area (Å²) in [6, 6.07) is 5.47. The molecule has 0 saturated carbocycles. The standard InChI is InChI=1S/C10H8N4O3/c15-9(13-10-11-4-5-12-10)7-2-1-3-8(6-7)14(16)17/h1-6H,(H2,11,12,13,15). The number of anilines is 1. The molecule has 0 aliphatic heterocycles. The number of amides is 1. The van der Waals surface area contributed by atoms with Crippen LogP contribution in [-0.2, 0) is 0 Å². The van der Waals surface area contributed by atoms with Gasteiger partial charge in [-0.05, 0) is 6.07 Å². The second kappa shape index (κ2) is 4.44. The van der Waals surface area contributed by atoms with E-state index in [0.29, 0.717) is 5.95 Å². The van der Waals surface area contributed by atoms with Gasteiger partial charge in [-0.2, -0.15) is 0 Å². The maximum Gasteiger partial charge on any atom is 0.270 e. The van der Waals surface area contributed by atoms with Crippen LogP contribution >= 0.6 is 0 Å². The minimum atomic E-state index is -0.552. The summed E-state index contributed by atoms with van der Waals surface area (Å²) in [4.78, 5) is 28.2. The highest BCUT2D eigenvalue weighted by Crippen LogP contribution is 2.13. The fourth-order valence-corrected chi connectivity index (χ4v) is 1.27. The van der Waals surface area contributed by atoms with E-state index in [-0.39, 0.29) is 11.3 Å². The maximum atomic E-state index is 11.7. The number of imidazole rings is 1. The number of nitro benzene ring substituents is 1. The second-order valence-corrected chi connectivity index (χ2v) is 3.20. The molecule has 0 saturated heterocycles. The molecule has 0 fully saturated rings. The summed E-state index contributed by atoms with van der Waals surface area (Å²) in [6.45, 7) is 0. The molecule has 7 nitrogen and oxygen atoms in total. The van der Waals surface area contributed by atoms with Gasteiger partial charge in [-0.3, -0.25) is 20.2 Å². The normalized spacial score (nSPS) is 9.88. The van der Waals surface area contributed by atoms with Crippen LogP contribution in [0.15, 0.2) is 36.7 Å². The first kappa shape index (κ1) is 10.8. The first-order valence-corrected chi connectivity index (χ1v) is 4.72. The van der Waals surface area contributed by atoms with Crippen molar-refractivity contribution in [2.24, 2.45) is 0 Å². The van der Waals surface area contributed by atoms with E-state index < -0.39 is 10.8 Å². The van der Waals surface area contributed by atoms with Gasteiger partial charge < -0.3 is 4.98 Å². The Labute approximate surface area is 95.6 Å². The van der Waals surface area contributed by atoms with E-state index in [2.05, 4.69) is 15.3 Å². The SMILES string of the molecule is O=C(Nc1ncc[nH]1)c1cccc([N+](=O)[O-])c1. The Hall–Kier alpha value is -2.70. The van der Waals surface area contributed by atoms with Crippen LogP contribution in [0.2, 0.25) is 0 Å². The Kier molecular flexibility index (Phi) is 2.82. The predicted molar refractivity (Wildman–Crippen MR) is 59.6 cm³/mol. The lowest BCUT2D eigenvalue weighted by molar-refractivity contribution is -0.384. The molecule has 2 aromatic rings. The van der Waals surface area contributed by atoms with Gasteiger partial charge in [-0.1, -0.05) is 6.07 Å². The molecule has 0 bridgehead atoms. The molecule has 86 valence electrons. The van der Waals surface area contributed by atoms with Crippen molar-refractivity contribution in [3.8, 4) is 0 Å². The molecule has 17 heavy (non-hydrogen) atoms. The lowest BCUT2D eigenvalue weighted by Crippen LogP contribution is -2.13. The number of rotatable bonds is 3. The summed E-state index contributed by atoms with van der Waals surface area (Å²) < 4.78 is 0. The van der Waals surface area contributed by atoms with Gasteiger partial charge in [-0.25, -0.2) is 4.98 Å². The van der Waals surface area contributed by atoms with Crippen molar-refractivity contribution in [2.75, 3.05) is 5.32 Å². The van der Waals surface area contributed by atoms with Crippen molar-refractivity contribution >= 4 is 17.5 Å². The first-order valence-electron chi connectivity index (χ1n) is 4.72. The largest absolute Gasteiger partial charge is 0.331 e. The molecule has 0 atom stereocenters. The van der Waals surface area contributed by atoms with Gasteiger partial charge in [0.1, 0.15) is 0 Å². The molecule has 7 heteroatoms. The average Bonchev–Trinajstić information content (AvgIpc) is 2.82. The zero-order valence-corrected chi connectivity index (χ0v) is 8.58. The topological polar surface area (TPSA) is 101 Å². The molecule has 2 N–H and O–H groups in total. The molecular formula is C10H8N4O3. The number of benzene rings is 1. The number of carbonyl (C=O) groups excluding carboxylic acids is 1. The smallest absolute Gasteiger partial charge is 0.270 e. The fraction of sp³-hybridized carbons (Fsp3) is 0. The number of H-pyrrole nitrogens is 1. The van der Waals surface area contributed by atoms with Crippen LogP contribution in [0.3, 0.4) is 0 Å². The Morgan fingerprint density at radius 2 is 2.29 bits per heavy atom. The Morgan fingerprint density at radius 3 is 2.94 bits per heavy atom.